The lowest BCUT2D eigenvalue weighted by molar-refractivity contribution is -0.00000411. The molecule has 20 heavy (non-hydrogen) atoms. The van der Waals surface area contributed by atoms with E-state index in [-0.39, 0.29) is 12.4 Å². The quantitative estimate of drug-likeness (QED) is 0.719. The highest BCUT2D eigenvalue weighted by molar-refractivity contribution is 7.74. The van der Waals surface area contributed by atoms with Crippen LogP contribution in [0.1, 0.15) is 25.0 Å². The average molecular weight is 307 g/mol. The Labute approximate surface area is 130 Å². The minimum atomic E-state index is -0.902. The molecule has 0 unspecified atom stereocenters. The topological polar surface area (TPSA) is 0 Å². The van der Waals surface area contributed by atoms with Crippen molar-refractivity contribution >= 4 is 7.26 Å². The molecule has 0 aliphatic rings. The molecule has 0 heterocycles. The fraction of sp³-hybridized carbons (Fsp3) is 0.333. The molecule has 0 N–H and O–H groups in total. The molecule has 0 nitrogen and oxygen atoms in total. The normalized spacial score (nSPS) is 10.9. The maximum Gasteiger partial charge on any atom is 0.0846 e. The maximum absolute atomic E-state index is 2.38. The summed E-state index contributed by atoms with van der Waals surface area (Å²) in [7, 11) is -0.902. The van der Waals surface area contributed by atoms with Gasteiger partial charge in [0.15, 0.2) is 0 Å². The molecule has 0 aliphatic heterocycles. The van der Waals surface area contributed by atoms with Crippen molar-refractivity contribution < 1.29 is 12.4 Å². The van der Waals surface area contributed by atoms with Crippen LogP contribution in [0.15, 0.2) is 60.7 Å². The van der Waals surface area contributed by atoms with E-state index in [9.17, 15) is 0 Å². The fourth-order valence-corrected chi connectivity index (χ4v) is 6.09. The van der Waals surface area contributed by atoms with Gasteiger partial charge in [0, 0.05) is 7.26 Å². The third-order valence-electron chi connectivity index (χ3n) is 4.06. The SMILES string of the molecule is CC[P+](CC)(Cc1ccccc1)Cc1ccccc1.[Cl-]. The highest BCUT2D eigenvalue weighted by Crippen LogP contribution is 2.63. The first kappa shape index (κ1) is 17.2. The van der Waals surface area contributed by atoms with Crippen LogP contribution in [0, 0.1) is 0 Å². The fourth-order valence-electron chi connectivity index (χ4n) is 2.67. The monoisotopic (exact) mass is 306 g/mol. The Morgan fingerprint density at radius 2 is 1.00 bits per heavy atom. The molecule has 2 heteroatoms. The van der Waals surface area contributed by atoms with Crippen molar-refractivity contribution in [3.05, 3.63) is 71.8 Å². The highest BCUT2D eigenvalue weighted by Gasteiger charge is 2.33. The number of hydrogen-bond donors (Lipinski definition) is 0. The molecular formula is C18H24ClP. The minimum Gasteiger partial charge on any atom is -1.00 e. The van der Waals surface area contributed by atoms with Gasteiger partial charge in [0.25, 0.3) is 0 Å². The first-order valence-electron chi connectivity index (χ1n) is 7.21. The van der Waals surface area contributed by atoms with Gasteiger partial charge in [0.1, 0.15) is 0 Å². The van der Waals surface area contributed by atoms with Crippen LogP contribution in [-0.4, -0.2) is 12.3 Å². The van der Waals surface area contributed by atoms with Gasteiger partial charge in [0.2, 0.25) is 0 Å². The Bertz CT molecular complexity index is 434. The molecule has 0 bridgehead atoms. The van der Waals surface area contributed by atoms with Gasteiger partial charge in [0.05, 0.1) is 24.6 Å². The molecule has 0 saturated heterocycles. The van der Waals surface area contributed by atoms with Crippen molar-refractivity contribution in [2.24, 2.45) is 0 Å². The van der Waals surface area contributed by atoms with E-state index in [1.165, 1.54) is 35.8 Å². The van der Waals surface area contributed by atoms with E-state index >= 15 is 0 Å². The minimum absolute atomic E-state index is 0. The summed E-state index contributed by atoms with van der Waals surface area (Å²) in [6, 6.07) is 22.0. The molecule has 0 amide bonds. The second-order valence-electron chi connectivity index (χ2n) is 5.26. The van der Waals surface area contributed by atoms with Crippen LogP contribution in [0.5, 0.6) is 0 Å². The molecular weight excluding hydrogens is 283 g/mol. The zero-order valence-corrected chi connectivity index (χ0v) is 14.1. The lowest BCUT2D eigenvalue weighted by Gasteiger charge is -2.25. The van der Waals surface area contributed by atoms with Crippen LogP contribution in [-0.2, 0) is 12.3 Å². The Kier molecular flexibility index (Phi) is 7.27. The van der Waals surface area contributed by atoms with Crippen LogP contribution in [0.3, 0.4) is 0 Å². The molecule has 2 aromatic carbocycles. The van der Waals surface area contributed by atoms with Crippen molar-refractivity contribution in [1.82, 2.24) is 0 Å². The molecule has 2 aromatic rings. The summed E-state index contributed by atoms with van der Waals surface area (Å²) in [5.41, 5.74) is 3.02. The summed E-state index contributed by atoms with van der Waals surface area (Å²) in [5.74, 6) is 0. The third kappa shape index (κ3) is 4.62. The Morgan fingerprint density at radius 3 is 1.30 bits per heavy atom. The van der Waals surface area contributed by atoms with E-state index < -0.39 is 7.26 Å². The van der Waals surface area contributed by atoms with E-state index in [1.807, 2.05) is 0 Å². The van der Waals surface area contributed by atoms with Gasteiger partial charge in [-0.3, -0.25) is 0 Å². The third-order valence-corrected chi connectivity index (χ3v) is 8.82. The first-order chi connectivity index (χ1) is 9.28. The van der Waals surface area contributed by atoms with E-state index in [0.29, 0.717) is 0 Å². The van der Waals surface area contributed by atoms with Crippen LogP contribution >= 0.6 is 7.26 Å². The summed E-state index contributed by atoms with van der Waals surface area (Å²) in [5, 5.41) is 0. The lowest BCUT2D eigenvalue weighted by Crippen LogP contribution is -3.00. The average Bonchev–Trinajstić information content (AvgIpc) is 2.48. The Morgan fingerprint density at radius 1 is 0.650 bits per heavy atom. The van der Waals surface area contributed by atoms with Gasteiger partial charge in [-0.15, -0.1) is 0 Å². The predicted octanol–water partition coefficient (Wildman–Crippen LogP) is 2.45. The van der Waals surface area contributed by atoms with Crippen LogP contribution < -0.4 is 12.4 Å². The van der Waals surface area contributed by atoms with Gasteiger partial charge >= 0.3 is 0 Å². The summed E-state index contributed by atoms with van der Waals surface area (Å²) >= 11 is 0. The maximum atomic E-state index is 2.38. The molecule has 108 valence electrons. The molecule has 0 spiro atoms. The standard InChI is InChI=1S/C18H24P.ClH/c1-3-19(4-2,15-17-11-7-5-8-12-17)16-18-13-9-6-10-14-18;/h5-14H,3-4,15-16H2,1-2H3;1H/q+1;/p-1. The van der Waals surface area contributed by atoms with Gasteiger partial charge in [-0.2, -0.15) is 0 Å². The van der Waals surface area contributed by atoms with Crippen molar-refractivity contribution in [1.29, 1.82) is 0 Å². The van der Waals surface area contributed by atoms with Crippen LogP contribution in [0.4, 0.5) is 0 Å². The van der Waals surface area contributed by atoms with Gasteiger partial charge < -0.3 is 12.4 Å². The van der Waals surface area contributed by atoms with E-state index in [0.717, 1.165) is 0 Å². The molecule has 2 rings (SSSR count). The smallest absolute Gasteiger partial charge is 0.0846 e. The van der Waals surface area contributed by atoms with E-state index in [1.54, 1.807) is 0 Å². The van der Waals surface area contributed by atoms with Crippen LogP contribution in [0.2, 0.25) is 0 Å². The largest absolute Gasteiger partial charge is 1.00 e. The van der Waals surface area contributed by atoms with Gasteiger partial charge in [-0.05, 0) is 25.0 Å². The Hall–Kier alpha value is -0.840. The first-order valence-corrected chi connectivity index (χ1v) is 9.74. The molecule has 0 radical (unpaired) electrons. The van der Waals surface area contributed by atoms with Crippen molar-refractivity contribution in [2.75, 3.05) is 12.3 Å². The van der Waals surface area contributed by atoms with Crippen molar-refractivity contribution in [3.8, 4) is 0 Å². The highest BCUT2D eigenvalue weighted by atomic mass is 35.5. The second-order valence-corrected chi connectivity index (χ2v) is 9.84. The molecule has 0 aromatic heterocycles. The van der Waals surface area contributed by atoms with E-state index in [2.05, 4.69) is 74.5 Å². The number of hydrogen-bond acceptors (Lipinski definition) is 0. The summed E-state index contributed by atoms with van der Waals surface area (Å²) in [6.45, 7) is 4.76. The van der Waals surface area contributed by atoms with E-state index in [4.69, 9.17) is 0 Å². The zero-order chi connectivity index (χ0) is 13.6. The summed E-state index contributed by atoms with van der Waals surface area (Å²) < 4.78 is 0. The van der Waals surface area contributed by atoms with Gasteiger partial charge in [-0.1, -0.05) is 60.7 Å². The lowest BCUT2D eigenvalue weighted by atomic mass is 10.2. The number of benzene rings is 2. The Balaban J connectivity index is 0.00000200. The predicted molar refractivity (Wildman–Crippen MR) is 88.3 cm³/mol. The second kappa shape index (κ2) is 8.45. The van der Waals surface area contributed by atoms with Gasteiger partial charge in [-0.25, -0.2) is 0 Å². The molecule has 0 atom stereocenters. The zero-order valence-electron chi connectivity index (χ0n) is 12.4. The number of halogens is 1. The summed E-state index contributed by atoms with van der Waals surface area (Å²) in [6.07, 6.45) is 5.26. The van der Waals surface area contributed by atoms with Crippen molar-refractivity contribution in [3.63, 3.8) is 0 Å². The molecule has 0 aliphatic carbocycles. The molecule has 0 saturated carbocycles. The van der Waals surface area contributed by atoms with Crippen LogP contribution in [0.25, 0.3) is 0 Å². The van der Waals surface area contributed by atoms with Crippen molar-refractivity contribution in [2.45, 2.75) is 26.2 Å². The molecule has 0 fully saturated rings. The summed E-state index contributed by atoms with van der Waals surface area (Å²) in [4.78, 5) is 0. The number of rotatable bonds is 6.